The molecule has 3 N–H and O–H groups in total. The summed E-state index contributed by atoms with van der Waals surface area (Å²) in [5.74, 6) is -0.387. The van der Waals surface area contributed by atoms with Gasteiger partial charge in [0.05, 0.1) is 10.7 Å². The predicted molar refractivity (Wildman–Crippen MR) is 93.7 cm³/mol. The lowest BCUT2D eigenvalue weighted by molar-refractivity contribution is -0.119. The molecule has 1 aromatic carbocycles. The van der Waals surface area contributed by atoms with E-state index in [2.05, 4.69) is 16.0 Å². The third-order valence-electron chi connectivity index (χ3n) is 2.13. The summed E-state index contributed by atoms with van der Waals surface area (Å²) in [6.45, 7) is 1.29. The minimum atomic E-state index is -1.80. The summed E-state index contributed by atoms with van der Waals surface area (Å²) in [4.78, 5) is 11.1. The maximum atomic E-state index is 11.1. The topological polar surface area (TPSA) is 53.2 Å². The van der Waals surface area contributed by atoms with E-state index in [1.165, 1.54) is 6.92 Å². The molecule has 0 aliphatic carbocycles. The third-order valence-corrected chi connectivity index (χ3v) is 3.57. The van der Waals surface area contributed by atoms with Crippen molar-refractivity contribution in [2.75, 3.05) is 5.32 Å². The second-order valence-electron chi connectivity index (χ2n) is 3.90. The summed E-state index contributed by atoms with van der Waals surface area (Å²) >= 11 is 34.2. The molecule has 0 saturated carbocycles. The number of rotatable bonds is 3. The zero-order valence-electron chi connectivity index (χ0n) is 10.5. The number of anilines is 1. The Morgan fingerprint density at radius 3 is 2.38 bits per heavy atom. The standard InChI is InChI=1S/C11H10Cl5N3OS/c1-5(20)17-9(11(14,15)16)19-10(21)18-8-4-6(12)2-3-7(8)13/h2-4,9H,1H3,(H,17,20)(H2,18,19,21)/t9-/m1/s1. The van der Waals surface area contributed by atoms with Crippen LogP contribution in [0.3, 0.4) is 0 Å². The smallest absolute Gasteiger partial charge is 0.228 e. The molecule has 0 unspecified atom stereocenters. The highest BCUT2D eigenvalue weighted by molar-refractivity contribution is 7.80. The number of halogens is 5. The molecule has 21 heavy (non-hydrogen) atoms. The first kappa shape index (κ1) is 18.9. The van der Waals surface area contributed by atoms with Crippen molar-refractivity contribution in [3.8, 4) is 0 Å². The van der Waals surface area contributed by atoms with Crippen LogP contribution in [0.15, 0.2) is 18.2 Å². The first-order chi connectivity index (χ1) is 9.59. The number of nitrogens with one attached hydrogen (secondary N) is 3. The van der Waals surface area contributed by atoms with Crippen molar-refractivity contribution in [1.82, 2.24) is 10.6 Å². The van der Waals surface area contributed by atoms with E-state index in [0.29, 0.717) is 15.7 Å². The van der Waals surface area contributed by atoms with Crippen LogP contribution >= 0.6 is 70.2 Å². The van der Waals surface area contributed by atoms with Crippen LogP contribution in [0.25, 0.3) is 0 Å². The number of thiocarbonyl (C=S) groups is 1. The van der Waals surface area contributed by atoms with Gasteiger partial charge in [0, 0.05) is 11.9 Å². The Morgan fingerprint density at radius 1 is 1.24 bits per heavy atom. The lowest BCUT2D eigenvalue weighted by Gasteiger charge is -2.27. The van der Waals surface area contributed by atoms with Gasteiger partial charge in [0.25, 0.3) is 0 Å². The fourth-order valence-corrected chi connectivity index (χ4v) is 2.18. The molecule has 0 spiro atoms. The number of carbonyl (C=O) groups is 1. The van der Waals surface area contributed by atoms with Crippen molar-refractivity contribution in [3.63, 3.8) is 0 Å². The molecule has 1 amide bonds. The van der Waals surface area contributed by atoms with Crippen molar-refractivity contribution in [1.29, 1.82) is 0 Å². The van der Waals surface area contributed by atoms with E-state index in [4.69, 9.17) is 70.2 Å². The molecule has 0 bridgehead atoms. The highest BCUT2D eigenvalue weighted by atomic mass is 35.6. The number of alkyl halides is 3. The van der Waals surface area contributed by atoms with E-state index in [0.717, 1.165) is 0 Å². The van der Waals surface area contributed by atoms with Crippen molar-refractivity contribution in [2.24, 2.45) is 0 Å². The molecule has 0 aliphatic rings. The average Bonchev–Trinajstić information content (AvgIpc) is 2.31. The normalized spacial score (nSPS) is 12.5. The van der Waals surface area contributed by atoms with Crippen LogP contribution in [0, 0.1) is 0 Å². The third kappa shape index (κ3) is 6.63. The van der Waals surface area contributed by atoms with E-state index in [9.17, 15) is 4.79 Å². The summed E-state index contributed by atoms with van der Waals surface area (Å²) in [5, 5.41) is 8.90. The Bertz CT molecular complexity index is 549. The minimum absolute atomic E-state index is 0.101. The summed E-state index contributed by atoms with van der Waals surface area (Å²) < 4.78 is -1.80. The Balaban J connectivity index is 2.78. The van der Waals surface area contributed by atoms with Crippen LogP contribution in [-0.4, -0.2) is 21.0 Å². The van der Waals surface area contributed by atoms with Crippen molar-refractivity contribution in [2.45, 2.75) is 16.9 Å². The summed E-state index contributed by atoms with van der Waals surface area (Å²) in [6.07, 6.45) is -1.02. The van der Waals surface area contributed by atoms with Gasteiger partial charge in [0.2, 0.25) is 9.70 Å². The van der Waals surface area contributed by atoms with Gasteiger partial charge in [-0.2, -0.15) is 0 Å². The molecular formula is C11H10Cl5N3OS. The summed E-state index contributed by atoms with van der Waals surface area (Å²) in [5.41, 5.74) is 0.479. The molecule has 0 heterocycles. The number of carbonyl (C=O) groups excluding carboxylic acids is 1. The molecule has 0 saturated heterocycles. The van der Waals surface area contributed by atoms with Crippen LogP contribution in [-0.2, 0) is 4.79 Å². The van der Waals surface area contributed by atoms with Crippen LogP contribution in [0.4, 0.5) is 5.69 Å². The minimum Gasteiger partial charge on any atom is -0.339 e. The quantitative estimate of drug-likeness (QED) is 0.400. The number of hydrogen-bond acceptors (Lipinski definition) is 2. The Morgan fingerprint density at radius 2 is 1.86 bits per heavy atom. The molecule has 0 aliphatic heterocycles. The Kier molecular flexibility index (Phi) is 7.10. The second-order valence-corrected chi connectivity index (χ2v) is 7.52. The highest BCUT2D eigenvalue weighted by Gasteiger charge is 2.34. The fourth-order valence-electron chi connectivity index (χ4n) is 1.29. The molecule has 10 heteroatoms. The number of benzene rings is 1. The van der Waals surface area contributed by atoms with Gasteiger partial charge in [0.1, 0.15) is 6.17 Å². The lowest BCUT2D eigenvalue weighted by Crippen LogP contribution is -2.55. The molecule has 0 fully saturated rings. The molecular weight excluding hydrogens is 399 g/mol. The molecule has 1 rings (SSSR count). The largest absolute Gasteiger partial charge is 0.339 e. The van der Waals surface area contributed by atoms with Crippen LogP contribution in [0.1, 0.15) is 6.92 Å². The lowest BCUT2D eigenvalue weighted by atomic mass is 10.3. The number of hydrogen-bond donors (Lipinski definition) is 3. The van der Waals surface area contributed by atoms with Gasteiger partial charge < -0.3 is 16.0 Å². The van der Waals surface area contributed by atoms with Gasteiger partial charge in [-0.05, 0) is 30.4 Å². The second kappa shape index (κ2) is 7.90. The monoisotopic (exact) mass is 407 g/mol. The van der Waals surface area contributed by atoms with Gasteiger partial charge in [0.15, 0.2) is 5.11 Å². The van der Waals surface area contributed by atoms with Crippen molar-refractivity contribution in [3.05, 3.63) is 28.2 Å². The van der Waals surface area contributed by atoms with Gasteiger partial charge in [-0.15, -0.1) is 0 Å². The zero-order valence-corrected chi connectivity index (χ0v) is 15.1. The van der Waals surface area contributed by atoms with E-state index < -0.39 is 9.96 Å². The highest BCUT2D eigenvalue weighted by Crippen LogP contribution is 2.29. The average molecular weight is 410 g/mol. The Hall–Kier alpha value is -0.170. The molecule has 0 radical (unpaired) electrons. The molecule has 116 valence electrons. The fraction of sp³-hybridized carbons (Fsp3) is 0.273. The van der Waals surface area contributed by atoms with Crippen molar-refractivity contribution < 1.29 is 4.79 Å². The van der Waals surface area contributed by atoms with Crippen LogP contribution < -0.4 is 16.0 Å². The molecule has 0 aromatic heterocycles. The van der Waals surface area contributed by atoms with Crippen LogP contribution in [0.5, 0.6) is 0 Å². The van der Waals surface area contributed by atoms with Gasteiger partial charge in [-0.1, -0.05) is 58.0 Å². The van der Waals surface area contributed by atoms with Gasteiger partial charge >= 0.3 is 0 Å². The summed E-state index contributed by atoms with van der Waals surface area (Å²) in [6, 6.07) is 4.82. The van der Waals surface area contributed by atoms with Gasteiger partial charge in [-0.25, -0.2) is 0 Å². The molecule has 4 nitrogen and oxygen atoms in total. The van der Waals surface area contributed by atoms with E-state index in [1.54, 1.807) is 18.2 Å². The predicted octanol–water partition coefficient (Wildman–Crippen LogP) is 4.11. The first-order valence-electron chi connectivity index (χ1n) is 5.46. The van der Waals surface area contributed by atoms with Crippen molar-refractivity contribution >= 4 is 86.9 Å². The van der Waals surface area contributed by atoms with E-state index in [1.807, 2.05) is 0 Å². The first-order valence-corrected chi connectivity index (χ1v) is 7.76. The van der Waals surface area contributed by atoms with Gasteiger partial charge in [-0.3, -0.25) is 4.79 Å². The Labute approximate surface area is 152 Å². The maximum Gasteiger partial charge on any atom is 0.228 e. The maximum absolute atomic E-state index is 11.1. The van der Waals surface area contributed by atoms with E-state index >= 15 is 0 Å². The number of amides is 1. The molecule has 1 aromatic rings. The SMILES string of the molecule is CC(=O)N[C@H](NC(=S)Nc1cc(Cl)ccc1Cl)C(Cl)(Cl)Cl. The zero-order chi connectivity index (χ0) is 16.2. The summed E-state index contributed by atoms with van der Waals surface area (Å²) in [7, 11) is 0. The van der Waals surface area contributed by atoms with Crippen LogP contribution in [0.2, 0.25) is 10.0 Å². The molecule has 1 atom stereocenters. The van der Waals surface area contributed by atoms with E-state index in [-0.39, 0.29) is 11.0 Å².